The SMILES string of the molecule is CCCNC(CC)C(C)c1nc(-c2ncccc2Cl)no1. The maximum Gasteiger partial charge on any atom is 0.231 e. The Kier molecular flexibility index (Phi) is 5.70. The minimum Gasteiger partial charge on any atom is -0.339 e. The van der Waals surface area contributed by atoms with Crippen molar-refractivity contribution in [2.24, 2.45) is 0 Å². The molecule has 0 bridgehead atoms. The molecule has 2 heterocycles. The van der Waals surface area contributed by atoms with Gasteiger partial charge in [0.1, 0.15) is 5.69 Å². The number of aromatic nitrogens is 3. The van der Waals surface area contributed by atoms with Crippen LogP contribution in [0.5, 0.6) is 0 Å². The molecular formula is C15H21ClN4O. The van der Waals surface area contributed by atoms with Gasteiger partial charge in [0.15, 0.2) is 0 Å². The van der Waals surface area contributed by atoms with Crippen LogP contribution < -0.4 is 5.32 Å². The predicted octanol–water partition coefficient (Wildman–Crippen LogP) is 3.67. The summed E-state index contributed by atoms with van der Waals surface area (Å²) in [5.41, 5.74) is 0.552. The predicted molar refractivity (Wildman–Crippen MR) is 83.3 cm³/mol. The highest BCUT2D eigenvalue weighted by Crippen LogP contribution is 2.26. The summed E-state index contributed by atoms with van der Waals surface area (Å²) in [6, 6.07) is 3.86. The first-order valence-electron chi connectivity index (χ1n) is 7.35. The van der Waals surface area contributed by atoms with Crippen molar-refractivity contribution < 1.29 is 4.52 Å². The van der Waals surface area contributed by atoms with Crippen molar-refractivity contribution in [2.75, 3.05) is 6.54 Å². The van der Waals surface area contributed by atoms with Crippen molar-refractivity contribution in [3.63, 3.8) is 0 Å². The molecule has 0 amide bonds. The lowest BCUT2D eigenvalue weighted by Gasteiger charge is -2.20. The van der Waals surface area contributed by atoms with E-state index < -0.39 is 0 Å². The molecule has 2 rings (SSSR count). The van der Waals surface area contributed by atoms with Gasteiger partial charge in [0.2, 0.25) is 11.7 Å². The van der Waals surface area contributed by atoms with Gasteiger partial charge in [-0.05, 0) is 31.5 Å². The number of hydrogen-bond donors (Lipinski definition) is 1. The van der Waals surface area contributed by atoms with E-state index in [-0.39, 0.29) is 5.92 Å². The Morgan fingerprint density at radius 2 is 2.19 bits per heavy atom. The Morgan fingerprint density at radius 1 is 1.38 bits per heavy atom. The molecular weight excluding hydrogens is 288 g/mol. The second kappa shape index (κ2) is 7.52. The van der Waals surface area contributed by atoms with Crippen molar-refractivity contribution in [3.05, 3.63) is 29.2 Å². The van der Waals surface area contributed by atoms with Crippen LogP contribution in [0.3, 0.4) is 0 Å². The third-order valence-corrected chi connectivity index (χ3v) is 3.81. The van der Waals surface area contributed by atoms with E-state index in [9.17, 15) is 0 Å². The average molecular weight is 309 g/mol. The Labute approximate surface area is 130 Å². The van der Waals surface area contributed by atoms with E-state index in [0.29, 0.717) is 28.5 Å². The molecule has 6 heteroatoms. The van der Waals surface area contributed by atoms with Gasteiger partial charge in [-0.15, -0.1) is 0 Å². The molecule has 0 aliphatic carbocycles. The van der Waals surface area contributed by atoms with Crippen LogP contribution in [0.2, 0.25) is 5.02 Å². The number of rotatable bonds is 7. The van der Waals surface area contributed by atoms with Gasteiger partial charge in [-0.2, -0.15) is 4.98 Å². The highest BCUT2D eigenvalue weighted by Gasteiger charge is 2.23. The summed E-state index contributed by atoms with van der Waals surface area (Å²) in [6.45, 7) is 7.37. The largest absolute Gasteiger partial charge is 0.339 e. The molecule has 0 aromatic carbocycles. The van der Waals surface area contributed by atoms with Gasteiger partial charge >= 0.3 is 0 Å². The summed E-state index contributed by atoms with van der Waals surface area (Å²) >= 11 is 6.11. The third-order valence-electron chi connectivity index (χ3n) is 3.50. The topological polar surface area (TPSA) is 63.8 Å². The molecule has 2 aromatic heterocycles. The zero-order chi connectivity index (χ0) is 15.2. The van der Waals surface area contributed by atoms with Gasteiger partial charge in [-0.1, -0.05) is 37.5 Å². The Balaban J connectivity index is 2.17. The molecule has 0 fully saturated rings. The van der Waals surface area contributed by atoms with E-state index in [2.05, 4.69) is 41.2 Å². The first-order chi connectivity index (χ1) is 10.2. The van der Waals surface area contributed by atoms with Crippen molar-refractivity contribution in [1.29, 1.82) is 0 Å². The van der Waals surface area contributed by atoms with E-state index in [4.69, 9.17) is 16.1 Å². The van der Waals surface area contributed by atoms with Crippen LogP contribution in [0.4, 0.5) is 0 Å². The summed E-state index contributed by atoms with van der Waals surface area (Å²) in [5.74, 6) is 1.19. The molecule has 0 aliphatic heterocycles. The standard InChI is InChI=1S/C15H21ClN4O/c1-4-8-17-12(5-2)10(3)15-19-14(20-21-15)13-11(16)7-6-9-18-13/h6-7,9-10,12,17H,4-5,8H2,1-3H3. The van der Waals surface area contributed by atoms with Gasteiger partial charge in [-0.25, -0.2) is 0 Å². The molecule has 0 saturated carbocycles. The maximum atomic E-state index is 6.11. The smallest absolute Gasteiger partial charge is 0.231 e. The highest BCUT2D eigenvalue weighted by atomic mass is 35.5. The normalized spacial score (nSPS) is 14.1. The van der Waals surface area contributed by atoms with Crippen LogP contribution in [-0.4, -0.2) is 27.7 Å². The third kappa shape index (κ3) is 3.80. The number of nitrogens with one attached hydrogen (secondary N) is 1. The van der Waals surface area contributed by atoms with Crippen LogP contribution in [0.15, 0.2) is 22.9 Å². The first kappa shape index (κ1) is 15.9. The second-order valence-corrected chi connectivity index (χ2v) is 5.45. The minimum atomic E-state index is 0.144. The van der Waals surface area contributed by atoms with Crippen LogP contribution >= 0.6 is 11.6 Å². The molecule has 0 aliphatic rings. The average Bonchev–Trinajstić information content (AvgIpc) is 2.98. The van der Waals surface area contributed by atoms with Gasteiger partial charge < -0.3 is 9.84 Å². The lowest BCUT2D eigenvalue weighted by atomic mass is 9.99. The Bertz CT molecular complexity index is 572. The van der Waals surface area contributed by atoms with E-state index in [1.54, 1.807) is 18.3 Å². The lowest BCUT2D eigenvalue weighted by Crippen LogP contribution is -2.33. The fraction of sp³-hybridized carbons (Fsp3) is 0.533. The van der Waals surface area contributed by atoms with Crippen LogP contribution in [0.1, 0.15) is 45.4 Å². The van der Waals surface area contributed by atoms with Crippen LogP contribution in [-0.2, 0) is 0 Å². The Hall–Kier alpha value is -1.46. The molecule has 1 N–H and O–H groups in total. The van der Waals surface area contributed by atoms with Gasteiger partial charge in [0.05, 0.1) is 10.9 Å². The lowest BCUT2D eigenvalue weighted by molar-refractivity contribution is 0.319. The summed E-state index contributed by atoms with van der Waals surface area (Å²) in [7, 11) is 0. The number of pyridine rings is 1. The summed E-state index contributed by atoms with van der Waals surface area (Å²) in [4.78, 5) is 8.66. The van der Waals surface area contributed by atoms with E-state index in [1.165, 1.54) is 0 Å². The van der Waals surface area contributed by atoms with Crippen molar-refractivity contribution >= 4 is 11.6 Å². The summed E-state index contributed by atoms with van der Waals surface area (Å²) in [6.07, 6.45) is 3.77. The van der Waals surface area contributed by atoms with Gasteiger partial charge in [0, 0.05) is 12.2 Å². The summed E-state index contributed by atoms with van der Waals surface area (Å²) < 4.78 is 5.40. The van der Waals surface area contributed by atoms with E-state index in [1.807, 2.05) is 0 Å². The molecule has 5 nitrogen and oxygen atoms in total. The number of hydrogen-bond acceptors (Lipinski definition) is 5. The highest BCUT2D eigenvalue weighted by molar-refractivity contribution is 6.32. The van der Waals surface area contributed by atoms with Gasteiger partial charge in [-0.3, -0.25) is 4.98 Å². The van der Waals surface area contributed by atoms with E-state index in [0.717, 1.165) is 19.4 Å². The number of halogens is 1. The molecule has 2 atom stereocenters. The van der Waals surface area contributed by atoms with Crippen LogP contribution in [0, 0.1) is 0 Å². The monoisotopic (exact) mass is 308 g/mol. The molecule has 0 spiro atoms. The fourth-order valence-corrected chi connectivity index (χ4v) is 2.45. The van der Waals surface area contributed by atoms with Crippen molar-refractivity contribution in [1.82, 2.24) is 20.4 Å². The number of nitrogens with zero attached hydrogens (tertiary/aromatic N) is 3. The molecule has 2 aromatic rings. The molecule has 0 radical (unpaired) electrons. The van der Waals surface area contributed by atoms with Crippen molar-refractivity contribution in [2.45, 2.75) is 45.6 Å². The van der Waals surface area contributed by atoms with Crippen LogP contribution in [0.25, 0.3) is 11.5 Å². The molecule has 114 valence electrons. The minimum absolute atomic E-state index is 0.144. The zero-order valence-corrected chi connectivity index (χ0v) is 13.4. The second-order valence-electron chi connectivity index (χ2n) is 5.05. The summed E-state index contributed by atoms with van der Waals surface area (Å²) in [5, 5.41) is 8.03. The Morgan fingerprint density at radius 3 is 2.86 bits per heavy atom. The van der Waals surface area contributed by atoms with E-state index >= 15 is 0 Å². The maximum absolute atomic E-state index is 6.11. The fourth-order valence-electron chi connectivity index (χ4n) is 2.24. The molecule has 21 heavy (non-hydrogen) atoms. The van der Waals surface area contributed by atoms with Gasteiger partial charge in [0.25, 0.3) is 0 Å². The zero-order valence-electron chi connectivity index (χ0n) is 12.6. The quantitative estimate of drug-likeness (QED) is 0.845. The first-order valence-corrected chi connectivity index (χ1v) is 7.73. The molecule has 2 unspecified atom stereocenters. The molecule has 0 saturated heterocycles. The van der Waals surface area contributed by atoms with Crippen molar-refractivity contribution in [3.8, 4) is 11.5 Å².